The molecule has 0 unspecified atom stereocenters. The van der Waals surface area contributed by atoms with E-state index in [4.69, 9.17) is 0 Å². The first kappa shape index (κ1) is 20.2. The Bertz CT molecular complexity index is 1090. The highest BCUT2D eigenvalue weighted by Gasteiger charge is 2.21. The van der Waals surface area contributed by atoms with Gasteiger partial charge in [0.1, 0.15) is 10.7 Å². The van der Waals surface area contributed by atoms with Gasteiger partial charge in [-0.2, -0.15) is 0 Å². The molecule has 152 valence electrons. The lowest BCUT2D eigenvalue weighted by Gasteiger charge is -2.17. The van der Waals surface area contributed by atoms with Crippen LogP contribution in [-0.2, 0) is 36.4 Å². The van der Waals surface area contributed by atoms with Gasteiger partial charge < -0.3 is 9.88 Å². The van der Waals surface area contributed by atoms with E-state index in [9.17, 15) is 9.59 Å². The van der Waals surface area contributed by atoms with Crippen molar-refractivity contribution < 1.29 is 4.79 Å². The predicted molar refractivity (Wildman–Crippen MR) is 121 cm³/mol. The molecule has 1 aliphatic rings. The molecular formula is C22H25N3O2S2. The average Bonchev–Trinajstić information content (AvgIpc) is 3.29. The number of nitrogens with one attached hydrogen (secondary N) is 1. The van der Waals surface area contributed by atoms with E-state index >= 15 is 0 Å². The molecule has 0 bridgehead atoms. The lowest BCUT2D eigenvalue weighted by molar-refractivity contribution is -0.127. The van der Waals surface area contributed by atoms with E-state index in [0.717, 1.165) is 41.5 Å². The van der Waals surface area contributed by atoms with Gasteiger partial charge in [0.05, 0.1) is 16.9 Å². The zero-order valence-corrected chi connectivity index (χ0v) is 18.4. The second-order valence-electron chi connectivity index (χ2n) is 7.46. The smallest absolute Gasteiger partial charge is 0.259 e. The molecule has 0 saturated carbocycles. The molecule has 1 aromatic carbocycles. The minimum Gasteiger partial charge on any atom is -0.341 e. The highest BCUT2D eigenvalue weighted by Crippen LogP contribution is 2.34. The maximum atomic E-state index is 12.5. The SMILES string of the molecule is CCc1ccc(CN(C)C(=O)CSCc2nc3sc4c(c3c(=O)[nH]2)CCC4)cc1. The maximum absolute atomic E-state index is 12.5. The fourth-order valence-corrected chi connectivity index (χ4v) is 5.81. The number of aryl methyl sites for hydroxylation is 3. The molecule has 0 fully saturated rings. The number of carbonyl (C=O) groups excluding carboxylic acids is 1. The van der Waals surface area contributed by atoms with Gasteiger partial charge in [-0.25, -0.2) is 4.98 Å². The van der Waals surface area contributed by atoms with E-state index in [1.807, 2.05) is 7.05 Å². The van der Waals surface area contributed by atoms with Gasteiger partial charge in [-0.1, -0.05) is 31.2 Å². The summed E-state index contributed by atoms with van der Waals surface area (Å²) < 4.78 is 0. The minimum atomic E-state index is -0.0380. The van der Waals surface area contributed by atoms with Gasteiger partial charge in [0.2, 0.25) is 5.91 Å². The molecule has 29 heavy (non-hydrogen) atoms. The molecule has 1 N–H and O–H groups in total. The summed E-state index contributed by atoms with van der Waals surface area (Å²) in [7, 11) is 1.83. The van der Waals surface area contributed by atoms with Gasteiger partial charge >= 0.3 is 0 Å². The summed E-state index contributed by atoms with van der Waals surface area (Å²) in [4.78, 5) is 36.4. The summed E-state index contributed by atoms with van der Waals surface area (Å²) >= 11 is 3.14. The molecule has 4 rings (SSSR count). The van der Waals surface area contributed by atoms with Crippen LogP contribution in [-0.4, -0.2) is 33.6 Å². The number of benzene rings is 1. The van der Waals surface area contributed by atoms with Crippen LogP contribution in [0.25, 0.3) is 10.2 Å². The molecule has 2 aromatic heterocycles. The third-order valence-electron chi connectivity index (χ3n) is 5.37. The van der Waals surface area contributed by atoms with Crippen molar-refractivity contribution in [3.8, 4) is 0 Å². The van der Waals surface area contributed by atoms with E-state index in [1.165, 1.54) is 27.8 Å². The van der Waals surface area contributed by atoms with Crippen molar-refractivity contribution in [1.82, 2.24) is 14.9 Å². The molecule has 0 atom stereocenters. The van der Waals surface area contributed by atoms with Crippen molar-refractivity contribution in [1.29, 1.82) is 0 Å². The first-order valence-electron chi connectivity index (χ1n) is 9.98. The summed E-state index contributed by atoms with van der Waals surface area (Å²) in [5, 5.41) is 0.779. The van der Waals surface area contributed by atoms with Gasteiger partial charge in [0, 0.05) is 18.5 Å². The molecule has 2 heterocycles. The fraction of sp³-hybridized carbons (Fsp3) is 0.409. The number of aromatic amines is 1. The number of hydrogen-bond acceptors (Lipinski definition) is 5. The topological polar surface area (TPSA) is 66.1 Å². The van der Waals surface area contributed by atoms with Gasteiger partial charge in [0.25, 0.3) is 5.56 Å². The van der Waals surface area contributed by atoms with E-state index in [1.54, 1.807) is 16.2 Å². The quantitative estimate of drug-likeness (QED) is 0.620. The number of carbonyl (C=O) groups is 1. The second-order valence-corrected chi connectivity index (χ2v) is 9.53. The number of nitrogens with zero attached hydrogens (tertiary/aromatic N) is 2. The molecule has 3 aromatic rings. The Hall–Kier alpha value is -2.12. The van der Waals surface area contributed by atoms with Crippen molar-refractivity contribution in [2.24, 2.45) is 0 Å². The van der Waals surface area contributed by atoms with Gasteiger partial charge in [-0.15, -0.1) is 23.1 Å². The van der Waals surface area contributed by atoms with Crippen molar-refractivity contribution >= 4 is 39.2 Å². The monoisotopic (exact) mass is 427 g/mol. The third kappa shape index (κ3) is 4.41. The van der Waals surface area contributed by atoms with Crippen LogP contribution in [0.1, 0.15) is 40.7 Å². The molecule has 7 heteroatoms. The lowest BCUT2D eigenvalue weighted by atomic mass is 10.1. The molecule has 0 saturated heterocycles. The molecule has 0 spiro atoms. The number of fused-ring (bicyclic) bond motifs is 3. The van der Waals surface area contributed by atoms with Crippen LogP contribution in [0.3, 0.4) is 0 Å². The minimum absolute atomic E-state index is 0.0380. The molecular weight excluding hydrogens is 402 g/mol. The zero-order valence-electron chi connectivity index (χ0n) is 16.8. The second kappa shape index (κ2) is 8.71. The molecule has 1 aliphatic carbocycles. The summed E-state index contributed by atoms with van der Waals surface area (Å²) in [5.74, 6) is 1.62. The average molecular weight is 428 g/mol. The van der Waals surface area contributed by atoms with Gasteiger partial charge in [-0.05, 0) is 42.4 Å². The Morgan fingerprint density at radius 2 is 2.00 bits per heavy atom. The highest BCUT2D eigenvalue weighted by atomic mass is 32.2. The van der Waals surface area contributed by atoms with E-state index < -0.39 is 0 Å². The van der Waals surface area contributed by atoms with Crippen molar-refractivity contribution in [3.63, 3.8) is 0 Å². The Balaban J connectivity index is 1.33. The van der Waals surface area contributed by atoms with E-state index in [0.29, 0.717) is 23.9 Å². The Morgan fingerprint density at radius 1 is 1.24 bits per heavy atom. The third-order valence-corrected chi connectivity index (χ3v) is 7.48. The van der Waals surface area contributed by atoms with Gasteiger partial charge in [0.15, 0.2) is 0 Å². The number of amides is 1. The molecule has 1 amide bonds. The standard InChI is InChI=1S/C22H25N3O2S2/c1-3-14-7-9-15(10-8-14)11-25(2)19(26)13-28-12-18-23-21(27)20-16-5-4-6-17(16)29-22(20)24-18/h7-10H,3-6,11-13H2,1-2H3,(H,23,24,27). The van der Waals surface area contributed by atoms with Crippen LogP contribution in [0, 0.1) is 0 Å². The number of aromatic nitrogens is 2. The normalized spacial score (nSPS) is 13.0. The summed E-state index contributed by atoms with van der Waals surface area (Å²) in [5.41, 5.74) is 3.59. The van der Waals surface area contributed by atoms with Crippen LogP contribution in [0.5, 0.6) is 0 Å². The summed E-state index contributed by atoms with van der Waals surface area (Å²) in [6.07, 6.45) is 4.19. The van der Waals surface area contributed by atoms with Crippen LogP contribution in [0.15, 0.2) is 29.1 Å². The van der Waals surface area contributed by atoms with Crippen LogP contribution >= 0.6 is 23.1 Å². The number of hydrogen-bond donors (Lipinski definition) is 1. The summed E-state index contributed by atoms with van der Waals surface area (Å²) in [6, 6.07) is 8.39. The number of H-pyrrole nitrogens is 1. The predicted octanol–water partition coefficient (Wildman–Crippen LogP) is 3.93. The highest BCUT2D eigenvalue weighted by molar-refractivity contribution is 7.99. The van der Waals surface area contributed by atoms with Crippen molar-refractivity contribution in [3.05, 3.63) is 62.0 Å². The lowest BCUT2D eigenvalue weighted by Crippen LogP contribution is -2.27. The first-order valence-corrected chi connectivity index (χ1v) is 11.9. The Morgan fingerprint density at radius 3 is 2.76 bits per heavy atom. The number of thiophene rings is 1. The Labute approximate surface area is 178 Å². The van der Waals surface area contributed by atoms with E-state index in [-0.39, 0.29) is 11.5 Å². The van der Waals surface area contributed by atoms with Crippen LogP contribution < -0.4 is 5.56 Å². The zero-order chi connectivity index (χ0) is 20.4. The van der Waals surface area contributed by atoms with Gasteiger partial charge in [-0.3, -0.25) is 9.59 Å². The molecule has 0 radical (unpaired) electrons. The summed E-state index contributed by atoms with van der Waals surface area (Å²) in [6.45, 7) is 2.73. The molecule has 5 nitrogen and oxygen atoms in total. The Kier molecular flexibility index (Phi) is 6.06. The van der Waals surface area contributed by atoms with Crippen LogP contribution in [0.2, 0.25) is 0 Å². The molecule has 0 aliphatic heterocycles. The van der Waals surface area contributed by atoms with E-state index in [2.05, 4.69) is 41.2 Å². The number of rotatable bonds is 7. The largest absolute Gasteiger partial charge is 0.341 e. The van der Waals surface area contributed by atoms with Crippen molar-refractivity contribution in [2.45, 2.75) is 44.9 Å². The van der Waals surface area contributed by atoms with Crippen molar-refractivity contribution in [2.75, 3.05) is 12.8 Å². The fourth-order valence-electron chi connectivity index (χ4n) is 3.70. The first-order chi connectivity index (χ1) is 14.0. The number of thioether (sulfide) groups is 1. The van der Waals surface area contributed by atoms with Crippen LogP contribution in [0.4, 0.5) is 0 Å². The maximum Gasteiger partial charge on any atom is 0.259 e.